The van der Waals surface area contributed by atoms with Crippen LogP contribution in [0.2, 0.25) is 0 Å². The van der Waals surface area contributed by atoms with Crippen LogP contribution >= 0.6 is 7.82 Å². The molecule has 0 aromatic heterocycles. The Morgan fingerprint density at radius 1 is 1.22 bits per heavy atom. The molecule has 0 heterocycles. The van der Waals surface area contributed by atoms with Crippen LogP contribution in [0.15, 0.2) is 30.3 Å². The molecular formula is C16H26NO5P. The third-order valence-electron chi connectivity index (χ3n) is 3.51. The summed E-state index contributed by atoms with van der Waals surface area (Å²) in [4.78, 5) is 30.1. The largest absolute Gasteiger partial charge is 0.469 e. The third-order valence-corrected chi connectivity index (χ3v) is 4.11. The quantitative estimate of drug-likeness (QED) is 0.447. The van der Waals surface area contributed by atoms with E-state index in [1.165, 1.54) is 6.92 Å². The van der Waals surface area contributed by atoms with Crippen LogP contribution in [0.4, 0.5) is 0 Å². The van der Waals surface area contributed by atoms with Gasteiger partial charge in [0.15, 0.2) is 0 Å². The highest BCUT2D eigenvalue weighted by atomic mass is 31.2. The van der Waals surface area contributed by atoms with Crippen molar-refractivity contribution in [3.63, 3.8) is 0 Å². The molecule has 0 spiro atoms. The number of nitrogens with one attached hydrogen (secondary N) is 1. The standard InChI is InChI=1S/C16H26NO5P/c1-3-4-5-9-12-15(18)17-16(13(2)22-23(19,20)21)14-10-7-6-8-11-14/h6-8,10-11,13,16H,3-5,9,12H2,1-2H3,(H,17,18)(H2,19,20,21)/t13-,16-/m0/s1. The summed E-state index contributed by atoms with van der Waals surface area (Å²) >= 11 is 0. The van der Waals surface area contributed by atoms with Crippen LogP contribution in [0.5, 0.6) is 0 Å². The molecule has 0 unspecified atom stereocenters. The van der Waals surface area contributed by atoms with Gasteiger partial charge in [-0.3, -0.25) is 9.32 Å². The van der Waals surface area contributed by atoms with E-state index in [4.69, 9.17) is 14.3 Å². The first-order valence-corrected chi connectivity index (χ1v) is 9.44. The number of phosphoric ester groups is 1. The Morgan fingerprint density at radius 2 is 1.87 bits per heavy atom. The normalized spacial score (nSPS) is 14.3. The highest BCUT2D eigenvalue weighted by Crippen LogP contribution is 2.40. The molecule has 0 saturated carbocycles. The summed E-state index contributed by atoms with van der Waals surface area (Å²) in [5.41, 5.74) is 0.746. The second-order valence-corrected chi connectivity index (χ2v) is 6.76. The molecule has 1 amide bonds. The van der Waals surface area contributed by atoms with E-state index in [0.717, 1.165) is 31.2 Å². The Bertz CT molecular complexity index is 516. The van der Waals surface area contributed by atoms with E-state index in [9.17, 15) is 9.36 Å². The van der Waals surface area contributed by atoms with Crippen LogP contribution in [0.3, 0.4) is 0 Å². The molecule has 0 bridgehead atoms. The molecule has 2 atom stereocenters. The zero-order valence-electron chi connectivity index (χ0n) is 13.6. The topological polar surface area (TPSA) is 95.9 Å². The van der Waals surface area contributed by atoms with Crippen LogP contribution in [-0.2, 0) is 13.9 Å². The molecule has 0 aliphatic carbocycles. The maximum Gasteiger partial charge on any atom is 0.469 e. The zero-order valence-corrected chi connectivity index (χ0v) is 14.5. The van der Waals surface area contributed by atoms with Gasteiger partial charge in [0.25, 0.3) is 0 Å². The van der Waals surface area contributed by atoms with E-state index < -0.39 is 20.0 Å². The summed E-state index contributed by atoms with van der Waals surface area (Å²) in [6.07, 6.45) is 3.53. The van der Waals surface area contributed by atoms with E-state index in [0.29, 0.717) is 6.42 Å². The van der Waals surface area contributed by atoms with Crippen molar-refractivity contribution in [2.75, 3.05) is 0 Å². The van der Waals surface area contributed by atoms with Gasteiger partial charge in [-0.1, -0.05) is 56.5 Å². The fourth-order valence-corrected chi connectivity index (χ4v) is 2.92. The number of hydrogen-bond donors (Lipinski definition) is 3. The van der Waals surface area contributed by atoms with Crippen LogP contribution in [0.25, 0.3) is 0 Å². The highest BCUT2D eigenvalue weighted by molar-refractivity contribution is 7.46. The van der Waals surface area contributed by atoms with Gasteiger partial charge in [0, 0.05) is 6.42 Å². The summed E-state index contributed by atoms with van der Waals surface area (Å²) in [7, 11) is -4.62. The lowest BCUT2D eigenvalue weighted by atomic mass is 10.0. The molecule has 1 aromatic rings. The van der Waals surface area contributed by atoms with Gasteiger partial charge >= 0.3 is 7.82 Å². The van der Waals surface area contributed by atoms with E-state index >= 15 is 0 Å². The molecule has 23 heavy (non-hydrogen) atoms. The van der Waals surface area contributed by atoms with Crippen molar-refractivity contribution in [2.24, 2.45) is 0 Å². The fourth-order valence-electron chi connectivity index (χ4n) is 2.37. The van der Waals surface area contributed by atoms with Crippen molar-refractivity contribution < 1.29 is 23.7 Å². The number of benzene rings is 1. The van der Waals surface area contributed by atoms with E-state index in [2.05, 4.69) is 12.2 Å². The van der Waals surface area contributed by atoms with Crippen molar-refractivity contribution in [1.82, 2.24) is 5.32 Å². The average molecular weight is 343 g/mol. The Hall–Kier alpha value is -1.20. The average Bonchev–Trinajstić information content (AvgIpc) is 2.48. The van der Waals surface area contributed by atoms with Crippen LogP contribution < -0.4 is 5.32 Å². The summed E-state index contributed by atoms with van der Waals surface area (Å²) in [5.74, 6) is -0.142. The Balaban J connectivity index is 2.72. The van der Waals surface area contributed by atoms with Crippen molar-refractivity contribution in [3.8, 4) is 0 Å². The second-order valence-electron chi connectivity index (χ2n) is 5.57. The number of amides is 1. The van der Waals surface area contributed by atoms with Gasteiger partial charge in [-0.05, 0) is 18.9 Å². The lowest BCUT2D eigenvalue weighted by Crippen LogP contribution is -2.35. The van der Waals surface area contributed by atoms with Gasteiger partial charge in [-0.25, -0.2) is 4.57 Å². The molecule has 0 radical (unpaired) electrons. The van der Waals surface area contributed by atoms with Gasteiger partial charge in [0.05, 0.1) is 12.1 Å². The number of unbranched alkanes of at least 4 members (excludes halogenated alkanes) is 3. The predicted octanol–water partition coefficient (Wildman–Crippen LogP) is 3.31. The number of carbonyl (C=O) groups excluding carboxylic acids is 1. The minimum absolute atomic E-state index is 0.142. The van der Waals surface area contributed by atoms with Gasteiger partial charge in [0.2, 0.25) is 5.91 Å². The van der Waals surface area contributed by atoms with E-state index in [-0.39, 0.29) is 5.91 Å². The zero-order chi connectivity index (χ0) is 17.3. The van der Waals surface area contributed by atoms with Gasteiger partial charge in [-0.2, -0.15) is 0 Å². The Labute approximate surface area is 137 Å². The first-order valence-electron chi connectivity index (χ1n) is 7.91. The number of hydrogen-bond acceptors (Lipinski definition) is 3. The third kappa shape index (κ3) is 8.28. The van der Waals surface area contributed by atoms with Crippen molar-refractivity contribution in [3.05, 3.63) is 35.9 Å². The van der Waals surface area contributed by atoms with Crippen molar-refractivity contribution in [2.45, 2.75) is 58.1 Å². The molecular weight excluding hydrogens is 317 g/mol. The summed E-state index contributed by atoms with van der Waals surface area (Å²) in [6.45, 7) is 3.64. The molecule has 0 aliphatic rings. The van der Waals surface area contributed by atoms with Crippen LogP contribution in [-0.4, -0.2) is 21.8 Å². The monoisotopic (exact) mass is 343 g/mol. The molecule has 130 valence electrons. The molecule has 1 aromatic carbocycles. The highest BCUT2D eigenvalue weighted by Gasteiger charge is 2.28. The lowest BCUT2D eigenvalue weighted by Gasteiger charge is -2.26. The van der Waals surface area contributed by atoms with Gasteiger partial charge < -0.3 is 15.1 Å². The summed E-state index contributed by atoms with van der Waals surface area (Å²) in [6, 6.07) is 8.42. The molecule has 7 heteroatoms. The molecule has 0 saturated heterocycles. The first kappa shape index (κ1) is 19.8. The van der Waals surface area contributed by atoms with Crippen molar-refractivity contribution in [1.29, 1.82) is 0 Å². The lowest BCUT2D eigenvalue weighted by molar-refractivity contribution is -0.122. The van der Waals surface area contributed by atoms with E-state index in [1.807, 2.05) is 6.07 Å². The molecule has 1 rings (SSSR count). The van der Waals surface area contributed by atoms with Crippen molar-refractivity contribution >= 4 is 13.7 Å². The number of phosphoric acid groups is 1. The Morgan fingerprint density at radius 3 is 2.43 bits per heavy atom. The molecule has 6 nitrogen and oxygen atoms in total. The number of rotatable bonds is 10. The molecule has 0 fully saturated rings. The molecule has 3 N–H and O–H groups in total. The van der Waals surface area contributed by atoms with Crippen LogP contribution in [0, 0.1) is 0 Å². The Kier molecular flexibility index (Phi) is 8.48. The van der Waals surface area contributed by atoms with Gasteiger partial charge in [0.1, 0.15) is 0 Å². The second kappa shape index (κ2) is 9.83. The maximum atomic E-state index is 12.1. The minimum atomic E-state index is -4.62. The summed E-state index contributed by atoms with van der Waals surface area (Å²) in [5, 5.41) is 2.83. The first-order chi connectivity index (χ1) is 10.8. The SMILES string of the molecule is CCCCCCC(=O)N[C@H](c1ccccc1)[C@H](C)OP(=O)(O)O. The maximum absolute atomic E-state index is 12.1. The van der Waals surface area contributed by atoms with Crippen LogP contribution in [0.1, 0.15) is 57.6 Å². The number of carbonyl (C=O) groups is 1. The minimum Gasteiger partial charge on any atom is -0.347 e. The van der Waals surface area contributed by atoms with E-state index in [1.54, 1.807) is 24.3 Å². The fraction of sp³-hybridized carbons (Fsp3) is 0.562. The smallest absolute Gasteiger partial charge is 0.347 e. The van der Waals surface area contributed by atoms with Gasteiger partial charge in [-0.15, -0.1) is 0 Å². The predicted molar refractivity (Wildman–Crippen MR) is 88.7 cm³/mol. The molecule has 0 aliphatic heterocycles. The summed E-state index contributed by atoms with van der Waals surface area (Å²) < 4.78 is 15.8.